The van der Waals surface area contributed by atoms with Crippen molar-refractivity contribution in [1.29, 1.82) is 0 Å². The lowest BCUT2D eigenvalue weighted by Gasteiger charge is -2.12. The van der Waals surface area contributed by atoms with Gasteiger partial charge in [0.05, 0.1) is 19.2 Å². The molecule has 19 heavy (non-hydrogen) atoms. The maximum Gasteiger partial charge on any atom is 0.294 e. The number of aliphatic hydroxyl groups excluding tert-OH is 3. The lowest BCUT2D eigenvalue weighted by molar-refractivity contribution is -0.0226. The predicted molar refractivity (Wildman–Crippen MR) is 61.3 cm³/mol. The molecule has 3 heterocycles. The molecule has 2 aromatic heterocycles. The van der Waals surface area contributed by atoms with Gasteiger partial charge in [-0.1, -0.05) is 0 Å². The van der Waals surface area contributed by atoms with Crippen molar-refractivity contribution in [3.05, 3.63) is 28.5 Å². The first-order chi connectivity index (χ1) is 9.13. The quantitative estimate of drug-likeness (QED) is 0.531. The SMILES string of the molecule is O=c1[nH]cnc2c([C@@H]3O[C@H](CO)[C@@H](O)[C@@H]3O)coc12. The Morgan fingerprint density at radius 3 is 2.84 bits per heavy atom. The smallest absolute Gasteiger partial charge is 0.294 e. The number of nitrogens with one attached hydrogen (secondary N) is 1. The summed E-state index contributed by atoms with van der Waals surface area (Å²) >= 11 is 0. The van der Waals surface area contributed by atoms with Crippen LogP contribution in [0, 0.1) is 0 Å². The number of H-pyrrole nitrogens is 1. The van der Waals surface area contributed by atoms with Gasteiger partial charge in [-0.15, -0.1) is 0 Å². The Morgan fingerprint density at radius 1 is 1.37 bits per heavy atom. The number of hydrogen-bond acceptors (Lipinski definition) is 7. The first-order valence-corrected chi connectivity index (χ1v) is 5.70. The van der Waals surface area contributed by atoms with E-state index in [1.54, 1.807) is 0 Å². The Kier molecular flexibility index (Phi) is 2.86. The highest BCUT2D eigenvalue weighted by molar-refractivity contribution is 5.75. The summed E-state index contributed by atoms with van der Waals surface area (Å²) in [5.74, 6) is 0. The van der Waals surface area contributed by atoms with Crippen LogP contribution in [0.2, 0.25) is 0 Å². The minimum Gasteiger partial charge on any atom is -0.456 e. The maximum absolute atomic E-state index is 11.5. The zero-order valence-electron chi connectivity index (χ0n) is 9.68. The van der Waals surface area contributed by atoms with Gasteiger partial charge in [0.2, 0.25) is 5.58 Å². The maximum atomic E-state index is 11.5. The Morgan fingerprint density at radius 2 is 2.16 bits per heavy atom. The van der Waals surface area contributed by atoms with Crippen LogP contribution in [0.1, 0.15) is 11.7 Å². The molecule has 1 aliphatic rings. The summed E-state index contributed by atoms with van der Waals surface area (Å²) < 4.78 is 10.5. The third-order valence-corrected chi connectivity index (χ3v) is 3.24. The molecule has 0 radical (unpaired) electrons. The fourth-order valence-corrected chi connectivity index (χ4v) is 2.24. The second kappa shape index (κ2) is 4.42. The van der Waals surface area contributed by atoms with E-state index in [9.17, 15) is 15.0 Å². The van der Waals surface area contributed by atoms with Gasteiger partial charge in [0.15, 0.2) is 0 Å². The zero-order chi connectivity index (χ0) is 13.6. The molecule has 0 unspecified atom stereocenters. The molecule has 1 fully saturated rings. The molecule has 0 saturated carbocycles. The van der Waals surface area contributed by atoms with Gasteiger partial charge in [-0.05, 0) is 0 Å². The number of ether oxygens (including phenoxy) is 1. The van der Waals surface area contributed by atoms with Crippen LogP contribution in [0.25, 0.3) is 11.1 Å². The molecule has 1 aliphatic heterocycles. The van der Waals surface area contributed by atoms with E-state index in [1.807, 2.05) is 0 Å². The van der Waals surface area contributed by atoms with Crippen molar-refractivity contribution in [3.63, 3.8) is 0 Å². The summed E-state index contributed by atoms with van der Waals surface area (Å²) in [6, 6.07) is 0. The fourth-order valence-electron chi connectivity index (χ4n) is 2.24. The van der Waals surface area contributed by atoms with Gasteiger partial charge >= 0.3 is 0 Å². The molecule has 2 aromatic rings. The van der Waals surface area contributed by atoms with Crippen molar-refractivity contribution in [1.82, 2.24) is 9.97 Å². The van der Waals surface area contributed by atoms with Gasteiger partial charge in [-0.2, -0.15) is 0 Å². The highest BCUT2D eigenvalue weighted by atomic mass is 16.6. The summed E-state index contributed by atoms with van der Waals surface area (Å²) in [5, 5.41) is 28.7. The first kappa shape index (κ1) is 12.3. The van der Waals surface area contributed by atoms with Gasteiger partial charge in [0, 0.05) is 5.56 Å². The minimum atomic E-state index is -1.22. The van der Waals surface area contributed by atoms with Gasteiger partial charge in [0.1, 0.15) is 29.9 Å². The highest BCUT2D eigenvalue weighted by Gasteiger charge is 2.44. The summed E-state index contributed by atoms with van der Waals surface area (Å²) in [7, 11) is 0. The van der Waals surface area contributed by atoms with E-state index < -0.39 is 36.6 Å². The Labute approximate surface area is 106 Å². The number of nitrogens with zero attached hydrogens (tertiary/aromatic N) is 1. The Balaban J connectivity index is 2.06. The van der Waals surface area contributed by atoms with Gasteiger partial charge in [0.25, 0.3) is 5.56 Å². The van der Waals surface area contributed by atoms with Crippen LogP contribution < -0.4 is 5.56 Å². The monoisotopic (exact) mass is 268 g/mol. The van der Waals surface area contributed by atoms with E-state index in [1.165, 1.54) is 12.6 Å². The number of furan rings is 1. The minimum absolute atomic E-state index is 0.0234. The van der Waals surface area contributed by atoms with Crippen molar-refractivity contribution in [3.8, 4) is 0 Å². The van der Waals surface area contributed by atoms with Crippen LogP contribution in [-0.4, -0.2) is 50.2 Å². The first-order valence-electron chi connectivity index (χ1n) is 5.70. The van der Waals surface area contributed by atoms with Crippen molar-refractivity contribution in [2.45, 2.75) is 24.4 Å². The molecule has 0 spiro atoms. The normalized spacial score (nSPS) is 31.1. The molecular weight excluding hydrogens is 256 g/mol. The van der Waals surface area contributed by atoms with Crippen LogP contribution in [-0.2, 0) is 4.74 Å². The van der Waals surface area contributed by atoms with Crippen LogP contribution in [0.5, 0.6) is 0 Å². The van der Waals surface area contributed by atoms with E-state index in [-0.39, 0.29) is 11.1 Å². The largest absolute Gasteiger partial charge is 0.456 e. The Hall–Kier alpha value is -1.74. The Bertz CT molecular complexity index is 650. The third-order valence-electron chi connectivity index (χ3n) is 3.24. The molecule has 4 atom stereocenters. The lowest BCUT2D eigenvalue weighted by Crippen LogP contribution is -2.32. The predicted octanol–water partition coefficient (Wildman–Crippen LogP) is -1.33. The van der Waals surface area contributed by atoms with Gasteiger partial charge in [-0.25, -0.2) is 4.98 Å². The van der Waals surface area contributed by atoms with E-state index in [4.69, 9.17) is 14.3 Å². The van der Waals surface area contributed by atoms with Crippen molar-refractivity contribution >= 4 is 11.1 Å². The van der Waals surface area contributed by atoms with E-state index in [0.29, 0.717) is 5.56 Å². The molecule has 0 aromatic carbocycles. The molecule has 0 aliphatic carbocycles. The van der Waals surface area contributed by atoms with E-state index >= 15 is 0 Å². The van der Waals surface area contributed by atoms with Gasteiger partial charge in [-0.3, -0.25) is 4.79 Å². The molecule has 4 N–H and O–H groups in total. The summed E-state index contributed by atoms with van der Waals surface area (Å²) in [4.78, 5) is 17.8. The topological polar surface area (TPSA) is 129 Å². The summed E-state index contributed by atoms with van der Waals surface area (Å²) in [6.45, 7) is -0.418. The molecule has 8 heteroatoms. The molecule has 8 nitrogen and oxygen atoms in total. The molecule has 1 saturated heterocycles. The lowest BCUT2D eigenvalue weighted by atomic mass is 10.0. The molecule has 102 valence electrons. The number of aromatic amines is 1. The summed E-state index contributed by atoms with van der Waals surface area (Å²) in [5.41, 5.74) is 0.209. The van der Waals surface area contributed by atoms with Crippen molar-refractivity contribution < 1.29 is 24.5 Å². The number of hydrogen-bond donors (Lipinski definition) is 4. The fraction of sp³-hybridized carbons (Fsp3) is 0.455. The van der Waals surface area contributed by atoms with E-state index in [0.717, 1.165) is 0 Å². The van der Waals surface area contributed by atoms with Crippen molar-refractivity contribution in [2.75, 3.05) is 6.61 Å². The number of fused-ring (bicyclic) bond motifs is 1. The molecule has 0 bridgehead atoms. The van der Waals surface area contributed by atoms with Crippen molar-refractivity contribution in [2.24, 2.45) is 0 Å². The van der Waals surface area contributed by atoms with Gasteiger partial charge < -0.3 is 29.5 Å². The number of rotatable bonds is 2. The van der Waals surface area contributed by atoms with Crippen LogP contribution >= 0.6 is 0 Å². The van der Waals surface area contributed by atoms with Crippen LogP contribution in [0.4, 0.5) is 0 Å². The molecule has 3 rings (SSSR count). The van der Waals surface area contributed by atoms with Crippen LogP contribution in [0.3, 0.4) is 0 Å². The van der Waals surface area contributed by atoms with E-state index in [2.05, 4.69) is 9.97 Å². The highest BCUT2D eigenvalue weighted by Crippen LogP contribution is 2.36. The zero-order valence-corrected chi connectivity index (χ0v) is 9.68. The van der Waals surface area contributed by atoms with Crippen LogP contribution in [0.15, 0.2) is 21.8 Å². The number of aliphatic hydroxyl groups is 3. The summed E-state index contributed by atoms with van der Waals surface area (Å²) in [6.07, 6.45) is -1.74. The third kappa shape index (κ3) is 1.77. The molecular formula is C11H12N2O6. The second-order valence-electron chi connectivity index (χ2n) is 4.36. The standard InChI is InChI=1S/C11H12N2O6/c14-1-5-7(15)8(16)9(19-5)4-2-18-10-6(4)12-3-13-11(10)17/h2-3,5,7-9,14-16H,1H2,(H,12,13,17)/t5-,7-,8+,9+/m1/s1. The molecule has 0 amide bonds. The average molecular weight is 268 g/mol. The number of aromatic nitrogens is 2. The average Bonchev–Trinajstić information content (AvgIpc) is 2.94. The second-order valence-corrected chi connectivity index (χ2v) is 4.36.